The lowest BCUT2D eigenvalue weighted by Gasteiger charge is -2.53. The zero-order valence-corrected chi connectivity index (χ0v) is 12.2. The summed E-state index contributed by atoms with van der Waals surface area (Å²) in [7, 11) is 0. The van der Waals surface area contributed by atoms with Gasteiger partial charge >= 0.3 is 0 Å². The Balaban J connectivity index is 1.71. The second-order valence-electron chi connectivity index (χ2n) is 7.43. The van der Waals surface area contributed by atoms with Gasteiger partial charge in [-0.05, 0) is 31.1 Å². The SMILES string of the molecule is CC(C)(C)C1NCCOC12CCN(C1CC1)CC2. The van der Waals surface area contributed by atoms with E-state index in [1.54, 1.807) is 0 Å². The zero-order chi connectivity index (χ0) is 12.8. The Kier molecular flexibility index (Phi) is 3.20. The Bertz CT molecular complexity index is 298. The topological polar surface area (TPSA) is 24.5 Å². The van der Waals surface area contributed by atoms with Gasteiger partial charge in [-0.15, -0.1) is 0 Å². The third kappa shape index (κ3) is 2.33. The maximum atomic E-state index is 6.30. The van der Waals surface area contributed by atoms with Gasteiger partial charge in [0.2, 0.25) is 0 Å². The van der Waals surface area contributed by atoms with Crippen molar-refractivity contribution < 1.29 is 4.74 Å². The largest absolute Gasteiger partial charge is 0.372 e. The minimum atomic E-state index is 0.0991. The van der Waals surface area contributed by atoms with Crippen LogP contribution in [0, 0.1) is 5.41 Å². The number of nitrogens with one attached hydrogen (secondary N) is 1. The molecular weight excluding hydrogens is 224 g/mol. The first-order chi connectivity index (χ1) is 8.51. The summed E-state index contributed by atoms with van der Waals surface area (Å²) in [5.74, 6) is 0. The summed E-state index contributed by atoms with van der Waals surface area (Å²) in [6.45, 7) is 11.4. The summed E-state index contributed by atoms with van der Waals surface area (Å²) in [6.07, 6.45) is 5.26. The van der Waals surface area contributed by atoms with Gasteiger partial charge in [0, 0.05) is 31.7 Å². The van der Waals surface area contributed by atoms with Crippen molar-refractivity contribution >= 4 is 0 Å². The van der Waals surface area contributed by atoms with E-state index in [0.717, 1.165) is 19.2 Å². The third-order valence-electron chi connectivity index (χ3n) is 4.94. The number of morpholine rings is 1. The normalized spacial score (nSPS) is 33.8. The van der Waals surface area contributed by atoms with Crippen molar-refractivity contribution in [2.75, 3.05) is 26.2 Å². The van der Waals surface area contributed by atoms with Crippen molar-refractivity contribution in [3.05, 3.63) is 0 Å². The van der Waals surface area contributed by atoms with Crippen molar-refractivity contribution in [3.63, 3.8) is 0 Å². The third-order valence-corrected chi connectivity index (χ3v) is 4.94. The molecule has 0 aromatic carbocycles. The molecule has 1 spiro atoms. The molecule has 3 rings (SSSR count). The summed E-state index contributed by atoms with van der Waals surface area (Å²) in [4.78, 5) is 2.68. The average Bonchev–Trinajstić information content (AvgIpc) is 3.13. The Morgan fingerprint density at radius 1 is 1.17 bits per heavy atom. The van der Waals surface area contributed by atoms with Crippen LogP contribution in [0.15, 0.2) is 0 Å². The molecule has 3 heteroatoms. The molecular formula is C15H28N2O. The average molecular weight is 252 g/mol. The molecule has 1 atom stereocenters. The first kappa shape index (κ1) is 12.9. The van der Waals surface area contributed by atoms with E-state index < -0.39 is 0 Å². The van der Waals surface area contributed by atoms with Crippen LogP contribution in [0.5, 0.6) is 0 Å². The molecule has 3 fully saturated rings. The monoisotopic (exact) mass is 252 g/mol. The Labute approximate surface area is 111 Å². The predicted octanol–water partition coefficient (Wildman–Crippen LogP) is 2.02. The highest BCUT2D eigenvalue weighted by Gasteiger charge is 2.50. The predicted molar refractivity (Wildman–Crippen MR) is 73.8 cm³/mol. The van der Waals surface area contributed by atoms with E-state index in [2.05, 4.69) is 31.0 Å². The molecule has 0 bridgehead atoms. The van der Waals surface area contributed by atoms with E-state index in [4.69, 9.17) is 4.74 Å². The molecule has 1 saturated carbocycles. The fourth-order valence-corrected chi connectivity index (χ4v) is 3.96. The minimum Gasteiger partial charge on any atom is -0.372 e. The first-order valence-electron chi connectivity index (χ1n) is 7.63. The van der Waals surface area contributed by atoms with Crippen molar-refractivity contribution in [2.45, 2.75) is 64.1 Å². The zero-order valence-electron chi connectivity index (χ0n) is 12.2. The van der Waals surface area contributed by atoms with Gasteiger partial charge in [0.1, 0.15) is 0 Å². The van der Waals surface area contributed by atoms with Crippen LogP contribution in [0.25, 0.3) is 0 Å². The van der Waals surface area contributed by atoms with E-state index in [1.165, 1.54) is 38.8 Å². The summed E-state index contributed by atoms with van der Waals surface area (Å²) >= 11 is 0. The Morgan fingerprint density at radius 3 is 2.39 bits per heavy atom. The number of hydrogen-bond acceptors (Lipinski definition) is 3. The number of likely N-dealkylation sites (tertiary alicyclic amines) is 1. The molecule has 104 valence electrons. The molecule has 0 aromatic heterocycles. The second-order valence-corrected chi connectivity index (χ2v) is 7.43. The summed E-state index contributed by atoms with van der Waals surface area (Å²) in [5, 5.41) is 3.74. The number of piperidine rings is 1. The van der Waals surface area contributed by atoms with Crippen LogP contribution in [0.2, 0.25) is 0 Å². The van der Waals surface area contributed by atoms with Crippen molar-refractivity contribution in [1.29, 1.82) is 0 Å². The molecule has 0 radical (unpaired) electrons. The van der Waals surface area contributed by atoms with Crippen molar-refractivity contribution in [3.8, 4) is 0 Å². The number of rotatable bonds is 1. The van der Waals surface area contributed by atoms with Crippen LogP contribution in [0.1, 0.15) is 46.5 Å². The molecule has 2 aliphatic heterocycles. The number of nitrogens with zero attached hydrogens (tertiary/aromatic N) is 1. The van der Waals surface area contributed by atoms with Gasteiger partial charge in [0.25, 0.3) is 0 Å². The number of ether oxygens (including phenoxy) is 1. The van der Waals surface area contributed by atoms with Crippen molar-refractivity contribution in [2.24, 2.45) is 5.41 Å². The summed E-state index contributed by atoms with van der Waals surface area (Å²) in [5.41, 5.74) is 0.379. The quantitative estimate of drug-likeness (QED) is 0.773. The molecule has 18 heavy (non-hydrogen) atoms. The van der Waals surface area contributed by atoms with Gasteiger partial charge in [-0.2, -0.15) is 0 Å². The van der Waals surface area contributed by atoms with E-state index in [1.807, 2.05) is 0 Å². The summed E-state index contributed by atoms with van der Waals surface area (Å²) in [6, 6.07) is 1.41. The van der Waals surface area contributed by atoms with Crippen molar-refractivity contribution in [1.82, 2.24) is 10.2 Å². The van der Waals surface area contributed by atoms with E-state index in [0.29, 0.717) is 6.04 Å². The van der Waals surface area contributed by atoms with Gasteiger partial charge in [0.15, 0.2) is 0 Å². The standard InChI is InChI=1S/C15H28N2O/c1-14(2,3)13-15(18-11-8-16-13)6-9-17(10-7-15)12-4-5-12/h12-13,16H,4-11H2,1-3H3. The van der Waals surface area contributed by atoms with Gasteiger partial charge < -0.3 is 15.0 Å². The van der Waals surface area contributed by atoms with E-state index in [9.17, 15) is 0 Å². The van der Waals surface area contributed by atoms with Crippen LogP contribution in [-0.2, 0) is 4.74 Å². The molecule has 3 aliphatic rings. The van der Waals surface area contributed by atoms with E-state index in [-0.39, 0.29) is 11.0 Å². The van der Waals surface area contributed by atoms with Gasteiger partial charge in [-0.25, -0.2) is 0 Å². The first-order valence-corrected chi connectivity index (χ1v) is 7.63. The van der Waals surface area contributed by atoms with Gasteiger partial charge in [-0.1, -0.05) is 20.8 Å². The molecule has 2 heterocycles. The lowest BCUT2D eigenvalue weighted by atomic mass is 9.71. The van der Waals surface area contributed by atoms with Crippen LogP contribution < -0.4 is 5.32 Å². The minimum absolute atomic E-state index is 0.0991. The van der Waals surface area contributed by atoms with Gasteiger partial charge in [0.05, 0.1) is 12.2 Å². The fraction of sp³-hybridized carbons (Fsp3) is 1.00. The number of hydrogen-bond donors (Lipinski definition) is 1. The highest BCUT2D eigenvalue weighted by atomic mass is 16.5. The Morgan fingerprint density at radius 2 is 1.83 bits per heavy atom. The molecule has 1 N–H and O–H groups in total. The molecule has 1 aliphatic carbocycles. The summed E-state index contributed by atoms with van der Waals surface area (Å²) < 4.78 is 6.30. The van der Waals surface area contributed by atoms with Crippen LogP contribution in [-0.4, -0.2) is 48.8 Å². The lowest BCUT2D eigenvalue weighted by molar-refractivity contribution is -0.149. The lowest BCUT2D eigenvalue weighted by Crippen LogP contribution is -2.66. The maximum Gasteiger partial charge on any atom is 0.0864 e. The fourth-order valence-electron chi connectivity index (χ4n) is 3.96. The molecule has 3 nitrogen and oxygen atoms in total. The van der Waals surface area contributed by atoms with E-state index >= 15 is 0 Å². The highest BCUT2D eigenvalue weighted by molar-refractivity contribution is 5.05. The molecule has 1 unspecified atom stereocenters. The molecule has 2 saturated heterocycles. The smallest absolute Gasteiger partial charge is 0.0864 e. The van der Waals surface area contributed by atoms with Crippen LogP contribution >= 0.6 is 0 Å². The van der Waals surface area contributed by atoms with Crippen LogP contribution in [0.4, 0.5) is 0 Å². The Hall–Kier alpha value is -0.120. The van der Waals surface area contributed by atoms with Gasteiger partial charge in [-0.3, -0.25) is 0 Å². The second kappa shape index (κ2) is 4.46. The highest BCUT2D eigenvalue weighted by Crippen LogP contribution is 2.41. The molecule has 0 amide bonds. The van der Waals surface area contributed by atoms with Crippen LogP contribution in [0.3, 0.4) is 0 Å². The molecule has 0 aromatic rings. The maximum absolute atomic E-state index is 6.30.